The van der Waals surface area contributed by atoms with E-state index in [-0.39, 0.29) is 30.5 Å². The van der Waals surface area contributed by atoms with Crippen LogP contribution in [0.1, 0.15) is 53.4 Å². The molecule has 18 heavy (non-hydrogen) atoms. The summed E-state index contributed by atoms with van der Waals surface area (Å²) in [6.45, 7) is 7.02. The lowest BCUT2D eigenvalue weighted by Crippen LogP contribution is -2.45. The van der Waals surface area contributed by atoms with Gasteiger partial charge in [0.1, 0.15) is 5.78 Å². The van der Waals surface area contributed by atoms with Crippen LogP contribution in [0.2, 0.25) is 0 Å². The van der Waals surface area contributed by atoms with Gasteiger partial charge in [-0.25, -0.2) is 8.78 Å². The van der Waals surface area contributed by atoms with Gasteiger partial charge in [-0.1, -0.05) is 27.7 Å². The van der Waals surface area contributed by atoms with Gasteiger partial charge in [0.2, 0.25) is 5.92 Å². The Morgan fingerprint density at radius 1 is 1.28 bits per heavy atom. The van der Waals surface area contributed by atoms with Gasteiger partial charge in [-0.15, -0.1) is 0 Å². The topological polar surface area (TPSA) is 37.3 Å². The molecule has 1 unspecified atom stereocenters. The third-order valence-corrected chi connectivity index (χ3v) is 4.11. The lowest BCUT2D eigenvalue weighted by atomic mass is 9.69. The van der Waals surface area contributed by atoms with Crippen molar-refractivity contribution in [2.24, 2.45) is 17.3 Å². The number of alkyl halides is 2. The minimum Gasteiger partial charge on any atom is -0.392 e. The zero-order chi connectivity index (χ0) is 14.1. The maximum absolute atomic E-state index is 13.1. The Kier molecular flexibility index (Phi) is 4.52. The van der Waals surface area contributed by atoms with Gasteiger partial charge in [0.05, 0.1) is 6.10 Å². The molecule has 1 saturated carbocycles. The van der Waals surface area contributed by atoms with Crippen LogP contribution in [-0.2, 0) is 4.79 Å². The van der Waals surface area contributed by atoms with Gasteiger partial charge < -0.3 is 5.11 Å². The zero-order valence-corrected chi connectivity index (χ0v) is 11.7. The van der Waals surface area contributed by atoms with Crippen LogP contribution < -0.4 is 0 Å². The lowest BCUT2D eigenvalue weighted by molar-refractivity contribution is -0.141. The largest absolute Gasteiger partial charge is 0.392 e. The molecule has 0 saturated heterocycles. The predicted molar refractivity (Wildman–Crippen MR) is 66.5 cm³/mol. The number of aliphatic hydroxyl groups excluding tert-OH is 1. The van der Waals surface area contributed by atoms with Crippen molar-refractivity contribution < 1.29 is 18.7 Å². The first-order chi connectivity index (χ1) is 8.08. The molecule has 4 heteroatoms. The molecule has 0 spiro atoms. The summed E-state index contributed by atoms with van der Waals surface area (Å²) in [6.07, 6.45) is -0.601. The zero-order valence-electron chi connectivity index (χ0n) is 11.7. The number of rotatable bonds is 4. The van der Waals surface area contributed by atoms with Crippen molar-refractivity contribution in [2.45, 2.75) is 65.4 Å². The first-order valence-corrected chi connectivity index (χ1v) is 6.68. The summed E-state index contributed by atoms with van der Waals surface area (Å²) in [4.78, 5) is 12.1. The number of carbonyl (C=O) groups excluding carboxylic acids is 1. The van der Waals surface area contributed by atoms with E-state index in [0.717, 1.165) is 0 Å². The van der Waals surface area contributed by atoms with Crippen LogP contribution in [0.5, 0.6) is 0 Å². The monoisotopic (exact) mass is 262 g/mol. The van der Waals surface area contributed by atoms with E-state index in [2.05, 4.69) is 0 Å². The van der Waals surface area contributed by atoms with Gasteiger partial charge in [-0.05, 0) is 18.8 Å². The Labute approximate surface area is 108 Å². The molecule has 1 fully saturated rings. The molecule has 0 heterocycles. The van der Waals surface area contributed by atoms with Crippen molar-refractivity contribution in [3.05, 3.63) is 0 Å². The van der Waals surface area contributed by atoms with Crippen LogP contribution in [0.4, 0.5) is 8.78 Å². The molecule has 0 radical (unpaired) electrons. The summed E-state index contributed by atoms with van der Waals surface area (Å²) in [5.74, 6) is -2.95. The van der Waals surface area contributed by atoms with Crippen molar-refractivity contribution >= 4 is 5.78 Å². The molecule has 2 nitrogen and oxygen atoms in total. The highest BCUT2D eigenvalue weighted by Crippen LogP contribution is 2.41. The number of aliphatic hydroxyl groups is 1. The first kappa shape index (κ1) is 15.5. The fourth-order valence-electron chi connectivity index (χ4n) is 2.86. The quantitative estimate of drug-likeness (QED) is 0.842. The minimum atomic E-state index is -2.59. The van der Waals surface area contributed by atoms with E-state index in [1.54, 1.807) is 27.7 Å². The van der Waals surface area contributed by atoms with E-state index in [1.165, 1.54) is 0 Å². The Hall–Kier alpha value is -0.510. The predicted octanol–water partition coefficient (Wildman–Crippen LogP) is 3.42. The second-order valence-corrected chi connectivity index (χ2v) is 6.38. The van der Waals surface area contributed by atoms with E-state index >= 15 is 0 Å². The van der Waals surface area contributed by atoms with Crippen molar-refractivity contribution in [3.63, 3.8) is 0 Å². The minimum absolute atomic E-state index is 0.00710. The molecule has 0 bridgehead atoms. The van der Waals surface area contributed by atoms with Crippen molar-refractivity contribution in [1.82, 2.24) is 0 Å². The smallest absolute Gasteiger partial charge is 0.248 e. The summed E-state index contributed by atoms with van der Waals surface area (Å²) in [5.41, 5.74) is -0.856. The molecule has 106 valence electrons. The van der Waals surface area contributed by atoms with Crippen LogP contribution >= 0.6 is 0 Å². The summed E-state index contributed by atoms with van der Waals surface area (Å²) < 4.78 is 26.2. The molecule has 0 amide bonds. The van der Waals surface area contributed by atoms with Crippen LogP contribution in [0.25, 0.3) is 0 Å². The number of halogens is 2. The van der Waals surface area contributed by atoms with Crippen LogP contribution in [0, 0.1) is 17.3 Å². The Morgan fingerprint density at radius 3 is 2.11 bits per heavy atom. The summed E-state index contributed by atoms with van der Waals surface area (Å²) in [7, 11) is 0. The van der Waals surface area contributed by atoms with E-state index in [1.807, 2.05) is 0 Å². The third kappa shape index (κ3) is 3.28. The second-order valence-electron chi connectivity index (χ2n) is 6.38. The van der Waals surface area contributed by atoms with Crippen molar-refractivity contribution in [2.75, 3.05) is 0 Å². The molecular formula is C14H24F2O2. The van der Waals surface area contributed by atoms with Gasteiger partial charge in [0, 0.05) is 24.2 Å². The van der Waals surface area contributed by atoms with E-state index in [0.29, 0.717) is 12.8 Å². The maximum atomic E-state index is 13.1. The molecule has 1 rings (SSSR count). The summed E-state index contributed by atoms with van der Waals surface area (Å²) in [6, 6.07) is 0. The van der Waals surface area contributed by atoms with Gasteiger partial charge in [0.25, 0.3) is 0 Å². The fourth-order valence-corrected chi connectivity index (χ4v) is 2.86. The molecule has 1 N–H and O–H groups in total. The highest BCUT2D eigenvalue weighted by atomic mass is 19.3. The van der Waals surface area contributed by atoms with Crippen molar-refractivity contribution in [3.8, 4) is 0 Å². The van der Waals surface area contributed by atoms with Gasteiger partial charge in [0.15, 0.2) is 0 Å². The van der Waals surface area contributed by atoms with Crippen LogP contribution in [0.15, 0.2) is 0 Å². The standard InChI is InChI=1S/C14H24F2O2/c1-9(2)11(17)13(3,4)12(18)10-5-7-14(15,16)8-6-10/h9-10,12,18H,5-8H2,1-4H3. The number of Topliss-reactive ketones (excluding diaryl/α,β-unsaturated/α-hetero) is 1. The Morgan fingerprint density at radius 2 is 1.72 bits per heavy atom. The number of ketones is 1. The molecule has 1 atom stereocenters. The van der Waals surface area contributed by atoms with E-state index in [9.17, 15) is 18.7 Å². The molecule has 0 aromatic rings. The summed E-state index contributed by atoms with van der Waals surface area (Å²) >= 11 is 0. The van der Waals surface area contributed by atoms with Crippen LogP contribution in [0.3, 0.4) is 0 Å². The molecular weight excluding hydrogens is 238 g/mol. The molecule has 0 aliphatic heterocycles. The second kappa shape index (κ2) is 5.24. The number of hydrogen-bond acceptors (Lipinski definition) is 2. The number of carbonyl (C=O) groups is 1. The van der Waals surface area contributed by atoms with Gasteiger partial charge >= 0.3 is 0 Å². The van der Waals surface area contributed by atoms with Crippen LogP contribution in [-0.4, -0.2) is 22.9 Å². The van der Waals surface area contributed by atoms with E-state index in [4.69, 9.17) is 0 Å². The lowest BCUT2D eigenvalue weighted by Gasteiger charge is -2.39. The summed E-state index contributed by atoms with van der Waals surface area (Å²) in [5, 5.41) is 10.3. The Balaban J connectivity index is 2.70. The highest BCUT2D eigenvalue weighted by Gasteiger charge is 2.44. The first-order valence-electron chi connectivity index (χ1n) is 6.68. The molecule has 1 aliphatic rings. The average molecular weight is 262 g/mol. The fraction of sp³-hybridized carbons (Fsp3) is 0.929. The average Bonchev–Trinajstić information content (AvgIpc) is 2.26. The van der Waals surface area contributed by atoms with E-state index < -0.39 is 17.4 Å². The SMILES string of the molecule is CC(C)C(=O)C(C)(C)C(O)C1CCC(F)(F)CC1. The molecule has 0 aromatic heterocycles. The normalized spacial score (nSPS) is 23.1. The Bertz CT molecular complexity index is 301. The number of hydrogen-bond donors (Lipinski definition) is 1. The maximum Gasteiger partial charge on any atom is 0.248 e. The molecule has 0 aromatic carbocycles. The van der Waals surface area contributed by atoms with Crippen molar-refractivity contribution in [1.29, 1.82) is 0 Å². The third-order valence-electron chi connectivity index (χ3n) is 4.11. The highest BCUT2D eigenvalue weighted by molar-refractivity contribution is 5.86. The molecule has 1 aliphatic carbocycles. The van der Waals surface area contributed by atoms with Gasteiger partial charge in [-0.3, -0.25) is 4.79 Å². The van der Waals surface area contributed by atoms with Gasteiger partial charge in [-0.2, -0.15) is 0 Å².